The smallest absolute Gasteiger partial charge is 0.305 e. The number of nitrogens with zero attached hydrogens (tertiary/aromatic N) is 1. The quantitative estimate of drug-likeness (QED) is 0.229. The molecule has 0 aromatic heterocycles. The summed E-state index contributed by atoms with van der Waals surface area (Å²) in [5.41, 5.74) is 4.24. The molecule has 0 saturated carbocycles. The van der Waals surface area contributed by atoms with E-state index in [0.717, 1.165) is 16.9 Å². The van der Waals surface area contributed by atoms with Gasteiger partial charge in [0.15, 0.2) is 0 Å². The number of carboxylic acid groups (broad SMARTS) is 1. The zero-order valence-corrected chi connectivity index (χ0v) is 23.1. The molecule has 4 aromatic rings. The maximum absolute atomic E-state index is 13.9. The van der Waals surface area contributed by atoms with Gasteiger partial charge < -0.3 is 20.1 Å². The number of carbonyl (C=O) groups excluding carboxylic acids is 2. The monoisotopic (exact) mass is 550 g/mol. The van der Waals surface area contributed by atoms with Gasteiger partial charge in [0.05, 0.1) is 13.5 Å². The van der Waals surface area contributed by atoms with Crippen LogP contribution in [0.5, 0.6) is 5.75 Å². The Morgan fingerprint density at radius 3 is 2.07 bits per heavy atom. The van der Waals surface area contributed by atoms with Crippen LogP contribution in [0.2, 0.25) is 0 Å². The van der Waals surface area contributed by atoms with Gasteiger partial charge in [-0.15, -0.1) is 0 Å². The second-order valence-electron chi connectivity index (χ2n) is 9.62. The number of aliphatic carboxylic acids is 1. The van der Waals surface area contributed by atoms with Crippen LogP contribution in [-0.2, 0) is 17.6 Å². The molecule has 0 fully saturated rings. The van der Waals surface area contributed by atoms with Crippen molar-refractivity contribution in [2.24, 2.45) is 0 Å². The molecule has 2 amide bonds. The standard InChI is InChI=1S/C34H34N2O5/c1-41-27-13-9-12-26(24-27)19-22-36(23-20-32(37)38)34(40)31-17-8-6-15-29(31)28-14-5-7-16-30(28)33(39)35-21-18-25-10-3-2-4-11-25/h2-17,24H,18-23H2,1H3,(H,35,39)(H,37,38). The van der Waals surface area contributed by atoms with Crippen molar-refractivity contribution in [3.05, 3.63) is 125 Å². The van der Waals surface area contributed by atoms with E-state index in [9.17, 15) is 19.5 Å². The van der Waals surface area contributed by atoms with Gasteiger partial charge in [0.1, 0.15) is 5.75 Å². The summed E-state index contributed by atoms with van der Waals surface area (Å²) in [6.07, 6.45) is 1.06. The van der Waals surface area contributed by atoms with Gasteiger partial charge in [-0.05, 0) is 59.4 Å². The number of rotatable bonds is 13. The van der Waals surface area contributed by atoms with Crippen LogP contribution in [0, 0.1) is 0 Å². The van der Waals surface area contributed by atoms with E-state index < -0.39 is 5.97 Å². The Kier molecular flexibility index (Phi) is 10.3. The van der Waals surface area contributed by atoms with E-state index in [1.807, 2.05) is 78.9 Å². The summed E-state index contributed by atoms with van der Waals surface area (Å²) in [5.74, 6) is -0.770. The van der Waals surface area contributed by atoms with Crippen LogP contribution in [0.25, 0.3) is 11.1 Å². The first-order chi connectivity index (χ1) is 20.0. The molecule has 0 aliphatic rings. The maximum atomic E-state index is 13.9. The maximum Gasteiger partial charge on any atom is 0.305 e. The molecule has 0 bridgehead atoms. The van der Waals surface area contributed by atoms with Crippen LogP contribution in [-0.4, -0.2) is 54.5 Å². The van der Waals surface area contributed by atoms with Crippen LogP contribution in [0.1, 0.15) is 38.3 Å². The van der Waals surface area contributed by atoms with E-state index in [-0.39, 0.29) is 24.8 Å². The van der Waals surface area contributed by atoms with Gasteiger partial charge in [0.2, 0.25) is 0 Å². The Bertz CT molecular complexity index is 1490. The lowest BCUT2D eigenvalue weighted by molar-refractivity contribution is -0.137. The second-order valence-corrected chi connectivity index (χ2v) is 9.62. The molecule has 7 nitrogen and oxygen atoms in total. The van der Waals surface area contributed by atoms with E-state index in [0.29, 0.717) is 48.2 Å². The van der Waals surface area contributed by atoms with Crippen molar-refractivity contribution in [1.82, 2.24) is 10.2 Å². The fourth-order valence-corrected chi connectivity index (χ4v) is 4.69. The summed E-state index contributed by atoms with van der Waals surface area (Å²) in [7, 11) is 1.60. The lowest BCUT2D eigenvalue weighted by Gasteiger charge is -2.24. The molecule has 4 rings (SSSR count). The van der Waals surface area contributed by atoms with Crippen LogP contribution < -0.4 is 10.1 Å². The highest BCUT2D eigenvalue weighted by molar-refractivity contribution is 6.06. The van der Waals surface area contributed by atoms with E-state index in [1.165, 1.54) is 0 Å². The van der Waals surface area contributed by atoms with Crippen LogP contribution >= 0.6 is 0 Å². The molecule has 4 aromatic carbocycles. The number of hydrogen-bond acceptors (Lipinski definition) is 4. The van der Waals surface area contributed by atoms with Gasteiger partial charge in [-0.3, -0.25) is 14.4 Å². The summed E-state index contributed by atoms with van der Waals surface area (Å²) in [6.45, 7) is 0.869. The molecular formula is C34H34N2O5. The molecule has 7 heteroatoms. The minimum atomic E-state index is -0.977. The topological polar surface area (TPSA) is 95.9 Å². The van der Waals surface area contributed by atoms with Gasteiger partial charge in [0.25, 0.3) is 11.8 Å². The van der Waals surface area contributed by atoms with Gasteiger partial charge in [-0.2, -0.15) is 0 Å². The van der Waals surface area contributed by atoms with Crippen molar-refractivity contribution in [2.45, 2.75) is 19.3 Å². The van der Waals surface area contributed by atoms with Crippen molar-refractivity contribution < 1.29 is 24.2 Å². The first-order valence-electron chi connectivity index (χ1n) is 13.6. The average molecular weight is 551 g/mol. The number of nitrogens with one attached hydrogen (secondary N) is 1. The van der Waals surface area contributed by atoms with E-state index in [2.05, 4.69) is 5.32 Å². The fraction of sp³-hybridized carbons (Fsp3) is 0.206. The van der Waals surface area contributed by atoms with Crippen molar-refractivity contribution in [1.29, 1.82) is 0 Å². The molecule has 210 valence electrons. The third-order valence-corrected chi connectivity index (χ3v) is 6.85. The van der Waals surface area contributed by atoms with E-state index >= 15 is 0 Å². The fourth-order valence-electron chi connectivity index (χ4n) is 4.69. The summed E-state index contributed by atoms with van der Waals surface area (Å²) in [5, 5.41) is 12.3. The Morgan fingerprint density at radius 1 is 0.732 bits per heavy atom. The molecule has 0 radical (unpaired) electrons. The Labute approximate surface area is 240 Å². The number of amides is 2. The number of methoxy groups -OCH3 is 1. The third-order valence-electron chi connectivity index (χ3n) is 6.85. The summed E-state index contributed by atoms with van der Waals surface area (Å²) >= 11 is 0. The highest BCUT2D eigenvalue weighted by atomic mass is 16.5. The molecule has 0 atom stereocenters. The molecule has 2 N–H and O–H groups in total. The van der Waals surface area contributed by atoms with Crippen LogP contribution in [0.15, 0.2) is 103 Å². The first kappa shape index (κ1) is 29.1. The van der Waals surface area contributed by atoms with E-state index in [4.69, 9.17) is 4.74 Å². The van der Waals surface area contributed by atoms with Crippen molar-refractivity contribution in [3.8, 4) is 16.9 Å². The van der Waals surface area contributed by atoms with Gasteiger partial charge in [-0.25, -0.2) is 0 Å². The Hall–Kier alpha value is -4.91. The summed E-state index contributed by atoms with van der Waals surface area (Å²) < 4.78 is 5.31. The Morgan fingerprint density at radius 2 is 1.37 bits per heavy atom. The Balaban J connectivity index is 1.57. The van der Waals surface area contributed by atoms with Gasteiger partial charge in [-0.1, -0.05) is 78.9 Å². The highest BCUT2D eigenvalue weighted by Gasteiger charge is 2.22. The first-order valence-corrected chi connectivity index (χ1v) is 13.6. The summed E-state index contributed by atoms with van der Waals surface area (Å²) in [6, 6.07) is 31.9. The molecule has 41 heavy (non-hydrogen) atoms. The van der Waals surface area contributed by atoms with Gasteiger partial charge >= 0.3 is 5.97 Å². The third kappa shape index (κ3) is 8.05. The van der Waals surface area contributed by atoms with Crippen molar-refractivity contribution in [2.75, 3.05) is 26.7 Å². The molecule has 0 aliphatic carbocycles. The SMILES string of the molecule is COc1cccc(CCN(CCC(=O)O)C(=O)c2ccccc2-c2ccccc2C(=O)NCCc2ccccc2)c1. The largest absolute Gasteiger partial charge is 0.497 e. The number of ether oxygens (including phenoxy) is 1. The second kappa shape index (κ2) is 14.5. The number of carbonyl (C=O) groups is 3. The number of benzene rings is 4. The minimum Gasteiger partial charge on any atom is -0.497 e. The zero-order valence-electron chi connectivity index (χ0n) is 23.1. The van der Waals surface area contributed by atoms with Gasteiger partial charge in [0, 0.05) is 30.8 Å². The van der Waals surface area contributed by atoms with Crippen LogP contribution in [0.4, 0.5) is 0 Å². The zero-order chi connectivity index (χ0) is 29.0. The lowest BCUT2D eigenvalue weighted by Crippen LogP contribution is -2.35. The van der Waals surface area contributed by atoms with Crippen molar-refractivity contribution >= 4 is 17.8 Å². The summed E-state index contributed by atoms with van der Waals surface area (Å²) in [4.78, 5) is 40.1. The predicted octanol–water partition coefficient (Wildman–Crippen LogP) is 5.49. The average Bonchev–Trinajstić information content (AvgIpc) is 3.01. The molecule has 0 saturated heterocycles. The number of hydrogen-bond donors (Lipinski definition) is 2. The van der Waals surface area contributed by atoms with E-state index in [1.54, 1.807) is 36.3 Å². The normalized spacial score (nSPS) is 10.6. The highest BCUT2D eigenvalue weighted by Crippen LogP contribution is 2.28. The van der Waals surface area contributed by atoms with Crippen LogP contribution in [0.3, 0.4) is 0 Å². The molecule has 0 unspecified atom stereocenters. The minimum absolute atomic E-state index is 0.0636. The molecule has 0 aliphatic heterocycles. The number of carboxylic acids is 1. The van der Waals surface area contributed by atoms with Crippen molar-refractivity contribution in [3.63, 3.8) is 0 Å². The molecular weight excluding hydrogens is 516 g/mol. The predicted molar refractivity (Wildman–Crippen MR) is 159 cm³/mol. The lowest BCUT2D eigenvalue weighted by atomic mass is 9.94. The molecule has 0 spiro atoms. The molecule has 0 heterocycles.